The van der Waals surface area contributed by atoms with Crippen LogP contribution < -0.4 is 11.1 Å². The highest BCUT2D eigenvalue weighted by atomic mass is 16.5. The van der Waals surface area contributed by atoms with E-state index in [0.29, 0.717) is 19.1 Å². The van der Waals surface area contributed by atoms with Crippen LogP contribution in [0, 0.1) is 5.92 Å². The highest BCUT2D eigenvalue weighted by molar-refractivity contribution is 5.85. The van der Waals surface area contributed by atoms with Gasteiger partial charge in [0, 0.05) is 13.7 Å². The van der Waals surface area contributed by atoms with Crippen LogP contribution in [0.15, 0.2) is 0 Å². The average molecular weight is 228 g/mol. The minimum absolute atomic E-state index is 0.199. The number of nitrogens with one attached hydrogen (secondary N) is 1. The Bertz CT molecular complexity index is 233. The number of methoxy groups -OCH3 is 1. The molecular weight excluding hydrogens is 204 g/mol. The molecule has 0 radical (unpaired) electrons. The highest BCUT2D eigenvalue weighted by Gasteiger charge is 2.44. The zero-order chi connectivity index (χ0) is 12.0. The van der Waals surface area contributed by atoms with E-state index in [9.17, 15) is 4.79 Å². The molecule has 0 aromatic rings. The Hall–Kier alpha value is -0.610. The largest absolute Gasteiger partial charge is 0.383 e. The van der Waals surface area contributed by atoms with Gasteiger partial charge in [-0.3, -0.25) is 4.79 Å². The Morgan fingerprint density at radius 1 is 1.56 bits per heavy atom. The molecule has 1 aliphatic carbocycles. The molecule has 0 bridgehead atoms. The first-order valence-corrected chi connectivity index (χ1v) is 6.21. The number of amides is 1. The van der Waals surface area contributed by atoms with E-state index in [1.165, 1.54) is 6.42 Å². The lowest BCUT2D eigenvalue weighted by Gasteiger charge is -2.42. The number of carbonyl (C=O) groups is 1. The summed E-state index contributed by atoms with van der Waals surface area (Å²) in [6.45, 7) is 3.44. The van der Waals surface area contributed by atoms with Gasteiger partial charge in [-0.05, 0) is 18.8 Å². The lowest BCUT2D eigenvalue weighted by molar-refractivity contribution is -0.128. The Kier molecular flexibility index (Phi) is 5.22. The van der Waals surface area contributed by atoms with Gasteiger partial charge >= 0.3 is 0 Å². The van der Waals surface area contributed by atoms with E-state index in [0.717, 1.165) is 25.7 Å². The van der Waals surface area contributed by atoms with Crippen molar-refractivity contribution in [3.05, 3.63) is 0 Å². The monoisotopic (exact) mass is 228 g/mol. The van der Waals surface area contributed by atoms with Gasteiger partial charge in [0.2, 0.25) is 5.91 Å². The lowest BCUT2D eigenvalue weighted by Crippen LogP contribution is -2.62. The molecule has 0 saturated heterocycles. The number of hydrogen-bond acceptors (Lipinski definition) is 3. The average Bonchev–Trinajstić information content (AvgIpc) is 2.29. The molecule has 94 valence electrons. The normalized spacial score (nSPS) is 30.2. The van der Waals surface area contributed by atoms with E-state index in [4.69, 9.17) is 10.5 Å². The maximum atomic E-state index is 11.8. The van der Waals surface area contributed by atoms with E-state index < -0.39 is 5.54 Å². The Morgan fingerprint density at radius 2 is 2.31 bits per heavy atom. The summed E-state index contributed by atoms with van der Waals surface area (Å²) >= 11 is 0. The highest BCUT2D eigenvalue weighted by Crippen LogP contribution is 2.35. The topological polar surface area (TPSA) is 64.3 Å². The van der Waals surface area contributed by atoms with Crippen LogP contribution in [0.2, 0.25) is 0 Å². The van der Waals surface area contributed by atoms with Gasteiger partial charge < -0.3 is 15.8 Å². The van der Waals surface area contributed by atoms with Crippen molar-refractivity contribution in [3.63, 3.8) is 0 Å². The molecule has 2 atom stereocenters. The number of hydrogen-bond donors (Lipinski definition) is 2. The predicted molar refractivity (Wildman–Crippen MR) is 64.1 cm³/mol. The van der Waals surface area contributed by atoms with Gasteiger partial charge in [0.1, 0.15) is 5.54 Å². The molecule has 1 amide bonds. The molecule has 0 aromatic carbocycles. The van der Waals surface area contributed by atoms with Crippen LogP contribution in [0.1, 0.15) is 39.0 Å². The molecule has 4 heteroatoms. The predicted octanol–water partition coefficient (Wildman–Crippen LogP) is 1.05. The minimum Gasteiger partial charge on any atom is -0.383 e. The fourth-order valence-electron chi connectivity index (χ4n) is 2.82. The number of rotatable bonds is 6. The van der Waals surface area contributed by atoms with Crippen LogP contribution in [0.25, 0.3) is 0 Å². The summed E-state index contributed by atoms with van der Waals surface area (Å²) in [6, 6.07) is 0. The summed E-state index contributed by atoms with van der Waals surface area (Å²) in [5.41, 5.74) is 5.11. The maximum absolute atomic E-state index is 11.8. The van der Waals surface area contributed by atoms with E-state index in [1.807, 2.05) is 0 Å². The second kappa shape index (κ2) is 6.21. The van der Waals surface area contributed by atoms with E-state index in [2.05, 4.69) is 12.2 Å². The van der Waals surface area contributed by atoms with Crippen molar-refractivity contribution in [1.82, 2.24) is 5.32 Å². The van der Waals surface area contributed by atoms with Gasteiger partial charge in [0.15, 0.2) is 0 Å². The Balaban J connectivity index is 2.71. The van der Waals surface area contributed by atoms with E-state index in [1.54, 1.807) is 7.11 Å². The number of nitrogens with two attached hydrogens (primary N) is 1. The number of carbonyl (C=O) groups excluding carboxylic acids is 1. The molecule has 2 unspecified atom stereocenters. The van der Waals surface area contributed by atoms with E-state index >= 15 is 0 Å². The fourth-order valence-corrected chi connectivity index (χ4v) is 2.82. The first kappa shape index (κ1) is 13.5. The molecular formula is C12H24N2O2. The summed E-state index contributed by atoms with van der Waals surface area (Å²) < 4.78 is 5.01. The van der Waals surface area contributed by atoms with Crippen molar-refractivity contribution < 1.29 is 9.53 Å². The minimum atomic E-state index is -0.495. The zero-order valence-electron chi connectivity index (χ0n) is 10.4. The zero-order valence-corrected chi connectivity index (χ0v) is 10.4. The third-order valence-corrected chi connectivity index (χ3v) is 3.75. The van der Waals surface area contributed by atoms with Crippen LogP contribution in [0.5, 0.6) is 0 Å². The fraction of sp³-hybridized carbons (Fsp3) is 0.917. The van der Waals surface area contributed by atoms with Crippen molar-refractivity contribution in [3.8, 4) is 0 Å². The molecule has 0 heterocycles. The molecule has 0 aromatic heterocycles. The van der Waals surface area contributed by atoms with Gasteiger partial charge in [-0.1, -0.05) is 26.2 Å². The molecule has 1 saturated carbocycles. The van der Waals surface area contributed by atoms with Crippen molar-refractivity contribution in [2.75, 3.05) is 20.3 Å². The molecule has 3 N–H and O–H groups in total. The summed E-state index contributed by atoms with van der Waals surface area (Å²) in [6.07, 6.45) is 5.26. The van der Waals surface area contributed by atoms with Crippen LogP contribution >= 0.6 is 0 Å². The van der Waals surface area contributed by atoms with Crippen molar-refractivity contribution >= 4 is 5.91 Å². The van der Waals surface area contributed by atoms with Crippen LogP contribution in [-0.4, -0.2) is 31.7 Å². The van der Waals surface area contributed by atoms with Crippen LogP contribution in [0.4, 0.5) is 0 Å². The molecule has 16 heavy (non-hydrogen) atoms. The summed E-state index contributed by atoms with van der Waals surface area (Å²) in [7, 11) is 1.66. The van der Waals surface area contributed by atoms with Crippen LogP contribution in [0.3, 0.4) is 0 Å². The van der Waals surface area contributed by atoms with Crippen molar-refractivity contribution in [2.24, 2.45) is 11.7 Å². The first-order chi connectivity index (χ1) is 7.67. The Labute approximate surface area is 97.9 Å². The Morgan fingerprint density at radius 3 is 2.88 bits per heavy atom. The lowest BCUT2D eigenvalue weighted by atomic mass is 9.71. The smallest absolute Gasteiger partial charge is 0.238 e. The number of primary amides is 1. The van der Waals surface area contributed by atoms with Gasteiger partial charge in [-0.2, -0.15) is 0 Å². The second-order valence-corrected chi connectivity index (χ2v) is 4.61. The SMILES string of the molecule is CCC1CCCCC1(NCCOC)C(N)=O. The maximum Gasteiger partial charge on any atom is 0.238 e. The van der Waals surface area contributed by atoms with Crippen molar-refractivity contribution in [1.29, 1.82) is 0 Å². The summed E-state index contributed by atoms with van der Waals surface area (Å²) in [4.78, 5) is 11.8. The molecule has 1 rings (SSSR count). The third kappa shape index (κ3) is 2.74. The van der Waals surface area contributed by atoms with E-state index in [-0.39, 0.29) is 5.91 Å². The number of ether oxygens (including phenoxy) is 1. The molecule has 1 fully saturated rings. The van der Waals surface area contributed by atoms with Gasteiger partial charge in [0.05, 0.1) is 6.61 Å². The van der Waals surface area contributed by atoms with Crippen LogP contribution in [-0.2, 0) is 9.53 Å². The second-order valence-electron chi connectivity index (χ2n) is 4.61. The van der Waals surface area contributed by atoms with Gasteiger partial charge in [-0.25, -0.2) is 0 Å². The van der Waals surface area contributed by atoms with Gasteiger partial charge in [-0.15, -0.1) is 0 Å². The molecule has 1 aliphatic rings. The summed E-state index contributed by atoms with van der Waals surface area (Å²) in [5.74, 6) is 0.172. The summed E-state index contributed by atoms with van der Waals surface area (Å²) in [5, 5.41) is 3.34. The standard InChI is InChI=1S/C12H24N2O2/c1-3-10-6-4-5-7-12(10,11(13)15)14-8-9-16-2/h10,14H,3-9H2,1-2H3,(H2,13,15). The first-order valence-electron chi connectivity index (χ1n) is 6.21. The molecule has 4 nitrogen and oxygen atoms in total. The quantitative estimate of drug-likeness (QED) is 0.668. The van der Waals surface area contributed by atoms with Crippen molar-refractivity contribution in [2.45, 2.75) is 44.6 Å². The molecule has 0 aliphatic heterocycles. The third-order valence-electron chi connectivity index (χ3n) is 3.75. The molecule has 0 spiro atoms. The van der Waals surface area contributed by atoms with Gasteiger partial charge in [0.25, 0.3) is 0 Å².